The fourth-order valence-corrected chi connectivity index (χ4v) is 4.32. The maximum absolute atomic E-state index is 6.17. The van der Waals surface area contributed by atoms with E-state index in [4.69, 9.17) is 19.2 Å². The second-order valence-electron chi connectivity index (χ2n) is 8.76. The zero-order chi connectivity index (χ0) is 23.7. The highest BCUT2D eigenvalue weighted by molar-refractivity contribution is 5.64. The third-order valence-corrected chi connectivity index (χ3v) is 6.16. The largest absolute Gasteiger partial charge is 0.493 e. The number of benzene rings is 2. The Hall–Kier alpha value is -3.42. The van der Waals surface area contributed by atoms with Crippen molar-refractivity contribution in [2.75, 3.05) is 44.8 Å². The van der Waals surface area contributed by atoms with E-state index < -0.39 is 0 Å². The van der Waals surface area contributed by atoms with Crippen molar-refractivity contribution in [3.8, 4) is 22.8 Å². The number of fused-ring (bicyclic) bond motifs is 7. The summed E-state index contributed by atoms with van der Waals surface area (Å²) in [6.45, 7) is 5.56. The van der Waals surface area contributed by atoms with Crippen LogP contribution in [-0.4, -0.2) is 54.3 Å². The van der Waals surface area contributed by atoms with Gasteiger partial charge >= 0.3 is 0 Å². The Morgan fingerprint density at radius 3 is 2.91 bits per heavy atom. The Morgan fingerprint density at radius 1 is 1.03 bits per heavy atom. The quantitative estimate of drug-likeness (QED) is 0.522. The lowest BCUT2D eigenvalue weighted by molar-refractivity contribution is 0.144. The topological polar surface area (TPSA) is 68.7 Å². The summed E-state index contributed by atoms with van der Waals surface area (Å²) in [5.74, 6) is 2.21. The molecule has 0 radical (unpaired) electrons. The molecule has 2 aliphatic heterocycles. The highest BCUT2D eigenvalue weighted by Crippen LogP contribution is 2.27. The predicted octanol–water partition coefficient (Wildman–Crippen LogP) is 5.22. The smallest absolute Gasteiger partial charge is 0.227 e. The zero-order valence-corrected chi connectivity index (χ0v) is 20.0. The van der Waals surface area contributed by atoms with Gasteiger partial charge in [0.05, 0.1) is 25.5 Å². The predicted molar refractivity (Wildman–Crippen MR) is 137 cm³/mol. The molecule has 1 N–H and O–H groups in total. The van der Waals surface area contributed by atoms with E-state index in [2.05, 4.69) is 27.3 Å². The SMILES string of the molecule is C1=C/COCc2cc(ccc2OCCN2CCCC2)Nc2nccc(n2)-c2cccc(c2)OCC/1. The van der Waals surface area contributed by atoms with Crippen LogP contribution in [0.2, 0.25) is 0 Å². The molecule has 7 heteroatoms. The van der Waals surface area contributed by atoms with E-state index in [1.165, 1.54) is 25.9 Å². The molecule has 182 valence electrons. The summed E-state index contributed by atoms with van der Waals surface area (Å²) in [5, 5.41) is 3.34. The molecule has 2 aliphatic rings. The number of aromatic nitrogens is 2. The zero-order valence-electron chi connectivity index (χ0n) is 20.0. The summed E-state index contributed by atoms with van der Waals surface area (Å²) >= 11 is 0. The van der Waals surface area contributed by atoms with Gasteiger partial charge in [0.25, 0.3) is 0 Å². The highest BCUT2D eigenvalue weighted by Gasteiger charge is 2.13. The molecule has 0 spiro atoms. The maximum Gasteiger partial charge on any atom is 0.227 e. The Bertz CT molecular complexity index is 1140. The van der Waals surface area contributed by atoms with Crippen LogP contribution in [0.1, 0.15) is 24.8 Å². The van der Waals surface area contributed by atoms with Crippen molar-refractivity contribution >= 4 is 11.6 Å². The lowest BCUT2D eigenvalue weighted by atomic mass is 10.1. The fraction of sp³-hybridized carbons (Fsp3) is 0.357. The van der Waals surface area contributed by atoms with Crippen LogP contribution in [-0.2, 0) is 11.3 Å². The molecule has 1 fully saturated rings. The lowest BCUT2D eigenvalue weighted by Gasteiger charge is -2.17. The van der Waals surface area contributed by atoms with Crippen LogP contribution < -0.4 is 14.8 Å². The molecule has 35 heavy (non-hydrogen) atoms. The minimum absolute atomic E-state index is 0.459. The molecule has 7 nitrogen and oxygen atoms in total. The summed E-state index contributed by atoms with van der Waals surface area (Å²) < 4.78 is 18.0. The van der Waals surface area contributed by atoms with Crippen LogP contribution in [0.3, 0.4) is 0 Å². The summed E-state index contributed by atoms with van der Waals surface area (Å²) in [5.41, 5.74) is 3.71. The molecule has 0 amide bonds. The Kier molecular flexibility index (Phi) is 7.88. The molecule has 2 aromatic carbocycles. The average molecular weight is 473 g/mol. The molecule has 0 aliphatic carbocycles. The van der Waals surface area contributed by atoms with Crippen LogP contribution in [0, 0.1) is 0 Å². The molecular formula is C28H32N4O3. The first-order valence-electron chi connectivity index (χ1n) is 12.4. The summed E-state index contributed by atoms with van der Waals surface area (Å²) in [7, 11) is 0. The van der Waals surface area contributed by atoms with Gasteiger partial charge in [0, 0.05) is 29.6 Å². The van der Waals surface area contributed by atoms with Gasteiger partial charge in [0.15, 0.2) is 0 Å². The van der Waals surface area contributed by atoms with E-state index in [-0.39, 0.29) is 0 Å². The second kappa shape index (κ2) is 11.8. The van der Waals surface area contributed by atoms with E-state index in [1.807, 2.05) is 48.5 Å². The molecule has 3 heterocycles. The van der Waals surface area contributed by atoms with Gasteiger partial charge in [-0.1, -0.05) is 24.3 Å². The summed E-state index contributed by atoms with van der Waals surface area (Å²) in [4.78, 5) is 11.6. The van der Waals surface area contributed by atoms with Crippen molar-refractivity contribution in [2.24, 2.45) is 0 Å². The number of anilines is 2. The molecule has 1 aromatic heterocycles. The van der Waals surface area contributed by atoms with Crippen molar-refractivity contribution in [1.29, 1.82) is 0 Å². The van der Waals surface area contributed by atoms with E-state index in [1.54, 1.807) is 6.20 Å². The number of nitrogens with one attached hydrogen (secondary N) is 1. The van der Waals surface area contributed by atoms with E-state index >= 15 is 0 Å². The molecule has 0 atom stereocenters. The number of hydrogen-bond donors (Lipinski definition) is 1. The van der Waals surface area contributed by atoms with Crippen molar-refractivity contribution in [1.82, 2.24) is 14.9 Å². The van der Waals surface area contributed by atoms with Crippen molar-refractivity contribution in [3.05, 3.63) is 72.4 Å². The Labute approximate surface area is 206 Å². The van der Waals surface area contributed by atoms with Gasteiger partial charge in [-0.2, -0.15) is 0 Å². The van der Waals surface area contributed by atoms with Gasteiger partial charge in [-0.15, -0.1) is 0 Å². The third-order valence-electron chi connectivity index (χ3n) is 6.16. The average Bonchev–Trinajstić information content (AvgIpc) is 3.40. The van der Waals surface area contributed by atoms with Gasteiger partial charge in [-0.3, -0.25) is 4.90 Å². The molecule has 0 unspecified atom stereocenters. The van der Waals surface area contributed by atoms with Crippen LogP contribution in [0.15, 0.2) is 66.9 Å². The minimum atomic E-state index is 0.459. The Morgan fingerprint density at radius 2 is 1.97 bits per heavy atom. The summed E-state index contributed by atoms with van der Waals surface area (Å²) in [6, 6.07) is 15.9. The highest BCUT2D eigenvalue weighted by atomic mass is 16.5. The first-order chi connectivity index (χ1) is 17.3. The standard InChI is InChI=1S/C28H32N4O3/c1-4-16-33-21-23-19-24(9-10-27(23)35-18-15-32-13-2-3-14-32)30-28-29-12-11-26(31-28)22-7-6-8-25(20-22)34-17-5-1/h1,4,6-12,19-20H,2-3,5,13-18,21H2,(H,29,30,31)/b4-1+. The molecule has 0 saturated carbocycles. The molecule has 1 saturated heterocycles. The molecule has 6 bridgehead atoms. The molecule has 3 aromatic rings. The van der Waals surface area contributed by atoms with Crippen molar-refractivity contribution < 1.29 is 14.2 Å². The van der Waals surface area contributed by atoms with Gasteiger partial charge in [0.1, 0.15) is 18.1 Å². The first-order valence-corrected chi connectivity index (χ1v) is 12.4. The van der Waals surface area contributed by atoms with Gasteiger partial charge in [-0.25, -0.2) is 9.97 Å². The molecular weight excluding hydrogens is 440 g/mol. The number of hydrogen-bond acceptors (Lipinski definition) is 7. The number of rotatable bonds is 4. The number of ether oxygens (including phenoxy) is 3. The number of nitrogens with zero attached hydrogens (tertiary/aromatic N) is 3. The van der Waals surface area contributed by atoms with Crippen LogP contribution in [0.5, 0.6) is 11.5 Å². The Balaban J connectivity index is 1.37. The van der Waals surface area contributed by atoms with E-state index in [0.29, 0.717) is 32.4 Å². The summed E-state index contributed by atoms with van der Waals surface area (Å²) in [6.07, 6.45) is 9.28. The maximum atomic E-state index is 6.17. The normalized spacial score (nSPS) is 17.5. The van der Waals surface area contributed by atoms with Gasteiger partial charge < -0.3 is 19.5 Å². The van der Waals surface area contributed by atoms with Crippen LogP contribution in [0.4, 0.5) is 11.6 Å². The number of likely N-dealkylation sites (tertiary alicyclic amines) is 1. The lowest BCUT2D eigenvalue weighted by Crippen LogP contribution is -2.25. The van der Waals surface area contributed by atoms with Crippen LogP contribution in [0.25, 0.3) is 11.3 Å². The second-order valence-corrected chi connectivity index (χ2v) is 8.76. The molecule has 5 rings (SSSR count). The fourth-order valence-electron chi connectivity index (χ4n) is 4.32. The van der Waals surface area contributed by atoms with Crippen LogP contribution >= 0.6 is 0 Å². The minimum Gasteiger partial charge on any atom is -0.493 e. The monoisotopic (exact) mass is 472 g/mol. The van der Waals surface area contributed by atoms with Gasteiger partial charge in [-0.05, 0) is 68.8 Å². The van der Waals surface area contributed by atoms with Crippen molar-refractivity contribution in [2.45, 2.75) is 25.9 Å². The van der Waals surface area contributed by atoms with Gasteiger partial charge in [0.2, 0.25) is 5.95 Å². The van der Waals surface area contributed by atoms with E-state index in [0.717, 1.165) is 47.0 Å². The first kappa shape index (κ1) is 23.3. The third kappa shape index (κ3) is 6.59. The van der Waals surface area contributed by atoms with Crippen molar-refractivity contribution in [3.63, 3.8) is 0 Å². The van der Waals surface area contributed by atoms with E-state index in [9.17, 15) is 0 Å².